The summed E-state index contributed by atoms with van der Waals surface area (Å²) >= 11 is 0. The number of carbonyl (C=O) groups excluding carboxylic acids is 1. The Morgan fingerprint density at radius 3 is 2.47 bits per heavy atom. The van der Waals surface area contributed by atoms with Gasteiger partial charge in [-0.15, -0.1) is 0 Å². The van der Waals surface area contributed by atoms with E-state index >= 15 is 0 Å². The molecule has 19 heavy (non-hydrogen) atoms. The van der Waals surface area contributed by atoms with Crippen LogP contribution in [0, 0.1) is 0 Å². The maximum Gasteiger partial charge on any atom is 0.342 e. The van der Waals surface area contributed by atoms with Gasteiger partial charge in [0.1, 0.15) is 5.75 Å². The van der Waals surface area contributed by atoms with Crippen molar-refractivity contribution in [2.75, 3.05) is 0 Å². The van der Waals surface area contributed by atoms with Gasteiger partial charge in [-0.1, -0.05) is 12.1 Å². The Morgan fingerprint density at radius 1 is 1.16 bits per heavy atom. The lowest BCUT2D eigenvalue weighted by molar-refractivity contribution is -0.151. The predicted molar refractivity (Wildman–Crippen MR) is 71.6 cm³/mol. The van der Waals surface area contributed by atoms with Gasteiger partial charge < -0.3 is 9.84 Å². The van der Waals surface area contributed by atoms with Crippen LogP contribution in [0.25, 0.3) is 11.1 Å². The second-order valence-corrected chi connectivity index (χ2v) is 4.71. The van der Waals surface area contributed by atoms with Crippen molar-refractivity contribution in [3.05, 3.63) is 48.8 Å². The summed E-state index contributed by atoms with van der Waals surface area (Å²) in [5.74, 6) is -0.277. The Morgan fingerprint density at radius 2 is 1.84 bits per heavy atom. The molecule has 0 unspecified atom stereocenters. The van der Waals surface area contributed by atoms with Crippen molar-refractivity contribution in [3.8, 4) is 16.9 Å². The van der Waals surface area contributed by atoms with Crippen LogP contribution in [0.3, 0.4) is 0 Å². The van der Waals surface area contributed by atoms with Gasteiger partial charge in [0.05, 0.1) is 0 Å². The van der Waals surface area contributed by atoms with E-state index in [0.29, 0.717) is 5.75 Å². The maximum atomic E-state index is 11.6. The van der Waals surface area contributed by atoms with Gasteiger partial charge in [0.25, 0.3) is 0 Å². The molecule has 0 aliphatic carbocycles. The molecule has 0 saturated carbocycles. The standard InChI is InChI=1S/C15H15NO3/c1-15(2,18)14(17)19-13-5-3-4-12(10-13)11-6-8-16-9-7-11/h3-10,18H,1-2H3. The second-order valence-electron chi connectivity index (χ2n) is 4.71. The van der Waals surface area contributed by atoms with Crippen LogP contribution in [0.4, 0.5) is 0 Å². The third-order valence-electron chi connectivity index (χ3n) is 2.56. The van der Waals surface area contributed by atoms with Gasteiger partial charge in [0.15, 0.2) is 5.60 Å². The van der Waals surface area contributed by atoms with E-state index in [1.807, 2.05) is 18.2 Å². The first-order chi connectivity index (χ1) is 8.97. The molecule has 4 heteroatoms. The molecular formula is C15H15NO3. The number of ether oxygens (including phenoxy) is 1. The molecule has 98 valence electrons. The van der Waals surface area contributed by atoms with Crippen LogP contribution in [-0.2, 0) is 4.79 Å². The van der Waals surface area contributed by atoms with Crippen LogP contribution >= 0.6 is 0 Å². The summed E-state index contributed by atoms with van der Waals surface area (Å²) in [5, 5.41) is 9.55. The fraction of sp³-hybridized carbons (Fsp3) is 0.200. The minimum atomic E-state index is -1.51. The first kappa shape index (κ1) is 13.2. The molecule has 0 spiro atoms. The van der Waals surface area contributed by atoms with Crippen LogP contribution < -0.4 is 4.74 Å². The lowest BCUT2D eigenvalue weighted by Gasteiger charge is -2.15. The Balaban J connectivity index is 2.24. The average molecular weight is 257 g/mol. The molecule has 0 amide bonds. The van der Waals surface area contributed by atoms with E-state index in [4.69, 9.17) is 4.74 Å². The maximum absolute atomic E-state index is 11.6. The molecule has 2 rings (SSSR count). The highest BCUT2D eigenvalue weighted by atomic mass is 16.6. The molecule has 1 heterocycles. The van der Waals surface area contributed by atoms with Crippen molar-refractivity contribution in [2.45, 2.75) is 19.4 Å². The molecule has 0 bridgehead atoms. The number of aromatic nitrogens is 1. The highest BCUT2D eigenvalue weighted by Crippen LogP contribution is 2.24. The lowest BCUT2D eigenvalue weighted by Crippen LogP contribution is -2.35. The summed E-state index contributed by atoms with van der Waals surface area (Å²) in [6.45, 7) is 2.78. The molecule has 4 nitrogen and oxygen atoms in total. The normalized spacial score (nSPS) is 11.1. The van der Waals surface area contributed by atoms with Gasteiger partial charge in [-0.2, -0.15) is 0 Å². The van der Waals surface area contributed by atoms with Crippen molar-refractivity contribution in [2.24, 2.45) is 0 Å². The quantitative estimate of drug-likeness (QED) is 0.677. The summed E-state index contributed by atoms with van der Waals surface area (Å²) in [6, 6.07) is 10.9. The van der Waals surface area contributed by atoms with Gasteiger partial charge in [-0.3, -0.25) is 4.98 Å². The smallest absolute Gasteiger partial charge is 0.342 e. The van der Waals surface area contributed by atoms with Gasteiger partial charge in [0, 0.05) is 12.4 Å². The molecule has 0 fully saturated rings. The molecule has 1 aromatic carbocycles. The van der Waals surface area contributed by atoms with Crippen molar-refractivity contribution in [1.29, 1.82) is 0 Å². The van der Waals surface area contributed by atoms with E-state index in [2.05, 4.69) is 4.98 Å². The van der Waals surface area contributed by atoms with Crippen LogP contribution in [0.5, 0.6) is 5.75 Å². The monoisotopic (exact) mass is 257 g/mol. The molecule has 0 radical (unpaired) electrons. The molecule has 0 aliphatic rings. The summed E-state index contributed by atoms with van der Waals surface area (Å²) in [6.07, 6.45) is 3.40. The predicted octanol–water partition coefficient (Wildman–Crippen LogP) is 2.42. The molecule has 1 aromatic heterocycles. The van der Waals surface area contributed by atoms with Crippen LogP contribution in [0.2, 0.25) is 0 Å². The minimum absolute atomic E-state index is 0.404. The summed E-state index contributed by atoms with van der Waals surface area (Å²) in [4.78, 5) is 15.6. The number of aliphatic hydroxyl groups is 1. The largest absolute Gasteiger partial charge is 0.424 e. The molecule has 0 aliphatic heterocycles. The van der Waals surface area contributed by atoms with Crippen molar-refractivity contribution in [3.63, 3.8) is 0 Å². The lowest BCUT2D eigenvalue weighted by atomic mass is 10.1. The molecule has 1 N–H and O–H groups in total. The fourth-order valence-electron chi connectivity index (χ4n) is 1.52. The molecule has 0 atom stereocenters. The second kappa shape index (κ2) is 5.20. The number of hydrogen-bond donors (Lipinski definition) is 1. The number of hydrogen-bond acceptors (Lipinski definition) is 4. The Labute approximate surface area is 111 Å². The number of pyridine rings is 1. The van der Waals surface area contributed by atoms with Crippen LogP contribution in [0.1, 0.15) is 13.8 Å². The number of rotatable bonds is 3. The van der Waals surface area contributed by atoms with Gasteiger partial charge in [-0.05, 0) is 49.2 Å². The first-order valence-corrected chi connectivity index (χ1v) is 5.92. The van der Waals surface area contributed by atoms with E-state index in [-0.39, 0.29) is 0 Å². The molecular weight excluding hydrogens is 242 g/mol. The Kier molecular flexibility index (Phi) is 3.62. The summed E-state index contributed by atoms with van der Waals surface area (Å²) in [5.41, 5.74) is 0.395. The van der Waals surface area contributed by atoms with E-state index in [9.17, 15) is 9.90 Å². The van der Waals surface area contributed by atoms with E-state index in [0.717, 1.165) is 11.1 Å². The SMILES string of the molecule is CC(C)(O)C(=O)Oc1cccc(-c2ccncc2)c1. The highest BCUT2D eigenvalue weighted by molar-refractivity contribution is 5.80. The highest BCUT2D eigenvalue weighted by Gasteiger charge is 2.26. The first-order valence-electron chi connectivity index (χ1n) is 5.92. The van der Waals surface area contributed by atoms with Crippen molar-refractivity contribution in [1.82, 2.24) is 4.98 Å². The van der Waals surface area contributed by atoms with E-state index < -0.39 is 11.6 Å². The third-order valence-corrected chi connectivity index (χ3v) is 2.56. The summed E-state index contributed by atoms with van der Waals surface area (Å²) in [7, 11) is 0. The van der Waals surface area contributed by atoms with E-state index in [1.54, 1.807) is 30.6 Å². The minimum Gasteiger partial charge on any atom is -0.424 e. The Hall–Kier alpha value is -2.20. The average Bonchev–Trinajstić information content (AvgIpc) is 2.39. The molecule has 2 aromatic rings. The third kappa shape index (κ3) is 3.39. The van der Waals surface area contributed by atoms with Crippen LogP contribution in [-0.4, -0.2) is 21.7 Å². The Bertz CT molecular complexity index is 573. The van der Waals surface area contributed by atoms with Gasteiger partial charge >= 0.3 is 5.97 Å². The van der Waals surface area contributed by atoms with Crippen molar-refractivity contribution >= 4 is 5.97 Å². The van der Waals surface area contributed by atoms with Gasteiger partial charge in [0.2, 0.25) is 0 Å². The number of esters is 1. The zero-order valence-electron chi connectivity index (χ0n) is 10.8. The molecule has 0 saturated heterocycles. The van der Waals surface area contributed by atoms with Gasteiger partial charge in [-0.25, -0.2) is 4.79 Å². The van der Waals surface area contributed by atoms with Crippen LogP contribution in [0.15, 0.2) is 48.8 Å². The number of benzene rings is 1. The topological polar surface area (TPSA) is 59.4 Å². The zero-order chi connectivity index (χ0) is 13.9. The van der Waals surface area contributed by atoms with E-state index in [1.165, 1.54) is 13.8 Å². The summed E-state index contributed by atoms with van der Waals surface area (Å²) < 4.78 is 5.14. The van der Waals surface area contributed by atoms with Crippen molar-refractivity contribution < 1.29 is 14.6 Å². The zero-order valence-corrected chi connectivity index (χ0v) is 10.8. The fourth-order valence-corrected chi connectivity index (χ4v) is 1.52. The number of nitrogens with zero attached hydrogens (tertiary/aromatic N) is 1. The number of carbonyl (C=O) groups is 1.